The van der Waals surface area contributed by atoms with Gasteiger partial charge in [0.1, 0.15) is 12.3 Å². The topological polar surface area (TPSA) is 131 Å². The fraction of sp³-hybridized carbons (Fsp3) is 0.333. The van der Waals surface area contributed by atoms with Gasteiger partial charge in [-0.1, -0.05) is 13.8 Å². The van der Waals surface area contributed by atoms with Gasteiger partial charge in [-0.2, -0.15) is 0 Å². The zero-order chi connectivity index (χ0) is 23.5. The van der Waals surface area contributed by atoms with Crippen molar-refractivity contribution in [3.05, 3.63) is 56.9 Å². The summed E-state index contributed by atoms with van der Waals surface area (Å²) in [5.74, 6) is -1.01. The number of amides is 1. The summed E-state index contributed by atoms with van der Waals surface area (Å²) in [6.45, 7) is 3.08. The first-order valence-corrected chi connectivity index (χ1v) is 10.9. The van der Waals surface area contributed by atoms with Gasteiger partial charge < -0.3 is 24.8 Å². The number of fused-ring (bicyclic) bond motifs is 4. The fourth-order valence-corrected chi connectivity index (χ4v) is 5.03. The highest BCUT2D eigenvalue weighted by molar-refractivity contribution is 5.95. The largest absolute Gasteiger partial charge is 0.508 e. The normalized spacial score (nSPS) is 19.2. The molecule has 9 heteroatoms. The predicted molar refractivity (Wildman–Crippen MR) is 119 cm³/mol. The molecule has 3 aromatic rings. The maximum atomic E-state index is 13.5. The predicted octanol–water partition coefficient (Wildman–Crippen LogP) is 1.46. The zero-order valence-electron chi connectivity index (χ0n) is 18.3. The summed E-state index contributed by atoms with van der Waals surface area (Å²) < 4.78 is 7.06. The first kappa shape index (κ1) is 21.1. The molecule has 1 amide bonds. The smallest absolute Gasteiger partial charge is 0.326 e. The third kappa shape index (κ3) is 2.88. The summed E-state index contributed by atoms with van der Waals surface area (Å²) in [5.41, 5.74) is 1.60. The van der Waals surface area contributed by atoms with E-state index in [1.54, 1.807) is 31.2 Å². The highest BCUT2D eigenvalue weighted by Gasteiger charge is 2.48. The van der Waals surface area contributed by atoms with Crippen LogP contribution in [-0.4, -0.2) is 38.2 Å². The lowest BCUT2D eigenvalue weighted by molar-refractivity contribution is -0.177. The number of nitrogens with zero attached hydrogens (tertiary/aromatic N) is 2. The summed E-state index contributed by atoms with van der Waals surface area (Å²) in [4.78, 5) is 43.3. The average molecular weight is 449 g/mol. The Bertz CT molecular complexity index is 1410. The van der Waals surface area contributed by atoms with Gasteiger partial charge in [0.15, 0.2) is 0 Å². The van der Waals surface area contributed by atoms with E-state index in [1.807, 2.05) is 6.92 Å². The Balaban J connectivity index is 1.82. The molecule has 1 atom stereocenters. The number of ether oxygens (including phenoxy) is 1. The Morgan fingerprint density at radius 2 is 1.97 bits per heavy atom. The molecule has 2 aromatic heterocycles. The number of nitrogens with one attached hydrogen (secondary N) is 1. The first-order chi connectivity index (χ1) is 15.8. The Labute approximate surface area is 188 Å². The molecule has 0 spiro atoms. The molecular weight excluding hydrogens is 426 g/mol. The van der Waals surface area contributed by atoms with Crippen LogP contribution in [0.5, 0.6) is 5.75 Å². The molecule has 4 heterocycles. The molecule has 5 rings (SSSR count). The van der Waals surface area contributed by atoms with Crippen molar-refractivity contribution in [2.24, 2.45) is 0 Å². The van der Waals surface area contributed by atoms with Crippen LogP contribution in [0.3, 0.4) is 0 Å². The van der Waals surface area contributed by atoms with Gasteiger partial charge in [0.25, 0.3) is 11.5 Å². The van der Waals surface area contributed by atoms with Crippen molar-refractivity contribution in [2.75, 3.05) is 6.54 Å². The SMILES string of the molecule is CCc1c2c(nc3ccc(O)cc13)-c1cc([C@]3(CC)OC(=O)CNC3=O)c(CO)c(=O)n1C2. The molecule has 170 valence electrons. The van der Waals surface area contributed by atoms with Crippen molar-refractivity contribution in [3.8, 4) is 17.1 Å². The standard InChI is InChI=1S/C24H23N3O6/c1-3-13-14-7-12(29)5-6-18(14)26-21-15(13)10-27-19(21)8-17(16(11-28)22(27)31)24(4-2)23(32)25-9-20(30)33-24/h5-8,28-29H,3-4,9-11H2,1-2H3,(H,25,32)/t24-/m0/s1. The quantitative estimate of drug-likeness (QED) is 0.402. The minimum atomic E-state index is -1.71. The molecule has 1 aromatic carbocycles. The third-order valence-electron chi connectivity index (χ3n) is 6.64. The molecule has 2 aliphatic heterocycles. The van der Waals surface area contributed by atoms with Crippen LogP contribution < -0.4 is 10.9 Å². The number of aromatic hydroxyl groups is 1. The average Bonchev–Trinajstić information content (AvgIpc) is 3.17. The van der Waals surface area contributed by atoms with E-state index in [9.17, 15) is 24.6 Å². The van der Waals surface area contributed by atoms with Crippen molar-refractivity contribution in [1.82, 2.24) is 14.9 Å². The maximum Gasteiger partial charge on any atom is 0.326 e. The van der Waals surface area contributed by atoms with Gasteiger partial charge in [-0.25, -0.2) is 4.98 Å². The van der Waals surface area contributed by atoms with Crippen LogP contribution in [0.1, 0.15) is 42.5 Å². The molecule has 0 unspecified atom stereocenters. The lowest BCUT2D eigenvalue weighted by Gasteiger charge is -2.36. The molecule has 1 saturated heterocycles. The van der Waals surface area contributed by atoms with E-state index in [0.717, 1.165) is 16.5 Å². The number of rotatable bonds is 4. The van der Waals surface area contributed by atoms with Crippen LogP contribution in [0.2, 0.25) is 0 Å². The lowest BCUT2D eigenvalue weighted by Crippen LogP contribution is -2.55. The number of esters is 1. The van der Waals surface area contributed by atoms with E-state index in [1.165, 1.54) is 4.57 Å². The molecule has 0 aliphatic carbocycles. The summed E-state index contributed by atoms with van der Waals surface area (Å²) in [5, 5.41) is 23.4. The first-order valence-electron chi connectivity index (χ1n) is 10.9. The molecule has 0 bridgehead atoms. The van der Waals surface area contributed by atoms with Crippen LogP contribution in [-0.2, 0) is 39.5 Å². The Morgan fingerprint density at radius 1 is 1.18 bits per heavy atom. The van der Waals surface area contributed by atoms with Crippen LogP contribution in [0.25, 0.3) is 22.3 Å². The van der Waals surface area contributed by atoms with Gasteiger partial charge in [-0.15, -0.1) is 0 Å². The van der Waals surface area contributed by atoms with Crippen LogP contribution in [0, 0.1) is 0 Å². The van der Waals surface area contributed by atoms with Gasteiger partial charge in [0, 0.05) is 16.5 Å². The van der Waals surface area contributed by atoms with Gasteiger partial charge in [0.05, 0.1) is 35.6 Å². The van der Waals surface area contributed by atoms with Crippen molar-refractivity contribution < 1.29 is 24.5 Å². The Kier molecular flexibility index (Phi) is 4.75. The second-order valence-electron chi connectivity index (χ2n) is 8.28. The number of aryl methyl sites for hydroxylation is 1. The van der Waals surface area contributed by atoms with Crippen LogP contribution in [0.15, 0.2) is 29.1 Å². The maximum absolute atomic E-state index is 13.5. The van der Waals surface area contributed by atoms with Crippen molar-refractivity contribution in [3.63, 3.8) is 0 Å². The van der Waals surface area contributed by atoms with Crippen molar-refractivity contribution in [2.45, 2.75) is 45.4 Å². The van der Waals surface area contributed by atoms with E-state index in [4.69, 9.17) is 9.72 Å². The molecule has 9 nitrogen and oxygen atoms in total. The number of aromatic nitrogens is 2. The van der Waals surface area contributed by atoms with Crippen LogP contribution >= 0.6 is 0 Å². The van der Waals surface area contributed by atoms with E-state index in [0.29, 0.717) is 23.3 Å². The summed E-state index contributed by atoms with van der Waals surface area (Å²) in [6, 6.07) is 6.58. The molecule has 3 N–H and O–H groups in total. The van der Waals surface area contributed by atoms with E-state index >= 15 is 0 Å². The van der Waals surface area contributed by atoms with Gasteiger partial charge in [-0.05, 0) is 42.7 Å². The number of morpholine rings is 1. The highest BCUT2D eigenvalue weighted by atomic mass is 16.6. The highest BCUT2D eigenvalue weighted by Crippen LogP contribution is 2.40. The number of phenolic OH excluding ortho intramolecular Hbond substituents is 1. The van der Waals surface area contributed by atoms with Crippen molar-refractivity contribution >= 4 is 22.8 Å². The summed E-state index contributed by atoms with van der Waals surface area (Å²) in [7, 11) is 0. The minimum absolute atomic E-state index is 0.0125. The summed E-state index contributed by atoms with van der Waals surface area (Å²) in [6.07, 6.45) is 0.754. The number of aliphatic hydroxyl groups is 1. The minimum Gasteiger partial charge on any atom is -0.508 e. The molecule has 2 aliphatic rings. The van der Waals surface area contributed by atoms with Crippen molar-refractivity contribution in [1.29, 1.82) is 0 Å². The van der Waals surface area contributed by atoms with Crippen LogP contribution in [0.4, 0.5) is 0 Å². The molecule has 1 fully saturated rings. The Morgan fingerprint density at radius 3 is 2.67 bits per heavy atom. The number of aliphatic hydroxyl groups excluding tert-OH is 1. The lowest BCUT2D eigenvalue weighted by atomic mass is 9.85. The number of pyridine rings is 2. The number of phenols is 1. The molecule has 0 radical (unpaired) electrons. The molecule has 0 saturated carbocycles. The van der Waals surface area contributed by atoms with E-state index in [-0.39, 0.29) is 36.4 Å². The fourth-order valence-electron chi connectivity index (χ4n) is 5.03. The van der Waals surface area contributed by atoms with E-state index < -0.39 is 29.6 Å². The van der Waals surface area contributed by atoms with E-state index in [2.05, 4.69) is 5.32 Å². The zero-order valence-corrected chi connectivity index (χ0v) is 18.3. The van der Waals surface area contributed by atoms with Gasteiger partial charge in [-0.3, -0.25) is 14.4 Å². The number of cyclic esters (lactones) is 1. The summed E-state index contributed by atoms with van der Waals surface area (Å²) >= 11 is 0. The Hall–Kier alpha value is -3.72. The number of hydrogen-bond acceptors (Lipinski definition) is 7. The number of hydrogen-bond donors (Lipinski definition) is 3. The second-order valence-corrected chi connectivity index (χ2v) is 8.28. The number of carbonyl (C=O) groups is 2. The monoisotopic (exact) mass is 449 g/mol. The number of carbonyl (C=O) groups excluding carboxylic acids is 2. The molecule has 33 heavy (non-hydrogen) atoms. The second kappa shape index (κ2) is 7.41. The molecular formula is C24H23N3O6. The third-order valence-corrected chi connectivity index (χ3v) is 6.64. The van der Waals surface area contributed by atoms with Gasteiger partial charge >= 0.3 is 5.97 Å². The van der Waals surface area contributed by atoms with Gasteiger partial charge in [0.2, 0.25) is 5.60 Å². The number of benzene rings is 1.